The molecule has 4 aliphatic rings. The van der Waals surface area contributed by atoms with Crippen LogP contribution < -0.4 is 19.7 Å². The smallest absolute Gasteiger partial charge is 0.255 e. The zero-order valence-electron chi connectivity index (χ0n) is 32.5. The van der Waals surface area contributed by atoms with Crippen LogP contribution in [0.3, 0.4) is 0 Å². The van der Waals surface area contributed by atoms with E-state index < -0.39 is 6.04 Å². The monoisotopic (exact) mass is 785 g/mol. The summed E-state index contributed by atoms with van der Waals surface area (Å²) >= 11 is 0. The Morgan fingerprint density at radius 1 is 0.814 bits per heavy atom. The fraction of sp³-hybridized carbons (Fsp3) is 0.298. The summed E-state index contributed by atoms with van der Waals surface area (Å²) in [5, 5.41) is 5.08. The minimum absolute atomic E-state index is 0.0531. The first-order valence-corrected chi connectivity index (χ1v) is 20.3. The summed E-state index contributed by atoms with van der Waals surface area (Å²) in [6.07, 6.45) is 12.1. The normalized spacial score (nSPS) is 20.5. The van der Waals surface area contributed by atoms with Gasteiger partial charge in [0.05, 0.1) is 12.3 Å². The number of allylic oxidation sites excluding steroid dienone is 1. The standard InChI is InChI=1S/C47H43N7O5/c1-29-4-12-44(46(55)51-29)54-28-32-21-34(8-11-39(32)47(54)56)53-18-15-35(16-19-53)57-20-2-3-33-7-9-36(26-49-33)58-37-23-38(24-37)59-45-13-6-31(25-50-45)30-5-10-40-41-27-48-17-14-42(41)52-43(40)22-30/h5-11,13-14,17,21-22,25-27,35,37-38,44,52H,1,4,12,15-16,18-20,23-24,28H2,(H,51,55). The predicted molar refractivity (Wildman–Crippen MR) is 224 cm³/mol. The third kappa shape index (κ3) is 7.57. The molecule has 7 heterocycles. The zero-order chi connectivity index (χ0) is 39.9. The Hall–Kier alpha value is -6.71. The number of pyridine rings is 3. The van der Waals surface area contributed by atoms with Crippen LogP contribution >= 0.6 is 0 Å². The number of aromatic amines is 1. The number of amides is 2. The van der Waals surface area contributed by atoms with Crippen molar-refractivity contribution in [3.05, 3.63) is 121 Å². The maximum absolute atomic E-state index is 13.1. The van der Waals surface area contributed by atoms with E-state index in [1.54, 1.807) is 17.3 Å². The molecule has 59 heavy (non-hydrogen) atoms. The topological polar surface area (TPSA) is 135 Å². The van der Waals surface area contributed by atoms with Gasteiger partial charge in [0.1, 0.15) is 36.3 Å². The SMILES string of the molecule is C=C1CCC(N2Cc3cc(N4CCC(OCC#Cc5ccc(OC6CC(Oc7ccc(-c8ccc9c(c8)[nH]c8ccncc89)cn7)C6)cn5)CC4)ccc3C2=O)C(=O)N1. The summed E-state index contributed by atoms with van der Waals surface area (Å²) in [6.45, 7) is 6.35. The molecule has 1 atom stereocenters. The lowest BCUT2D eigenvalue weighted by molar-refractivity contribution is -0.126. The number of anilines is 1. The van der Waals surface area contributed by atoms with Gasteiger partial charge in [-0.05, 0) is 91.3 Å². The van der Waals surface area contributed by atoms with Gasteiger partial charge in [-0.3, -0.25) is 14.6 Å². The van der Waals surface area contributed by atoms with Crippen LogP contribution in [0, 0.1) is 11.8 Å². The van der Waals surface area contributed by atoms with Gasteiger partial charge in [-0.15, -0.1) is 0 Å². The maximum Gasteiger partial charge on any atom is 0.255 e. The van der Waals surface area contributed by atoms with Crippen molar-refractivity contribution in [2.24, 2.45) is 0 Å². The summed E-state index contributed by atoms with van der Waals surface area (Å²) in [6, 6.07) is 21.7. The lowest BCUT2D eigenvalue weighted by Gasteiger charge is -2.34. The summed E-state index contributed by atoms with van der Waals surface area (Å²) in [5.41, 5.74) is 8.39. The summed E-state index contributed by atoms with van der Waals surface area (Å²) in [4.78, 5) is 46.5. The minimum Gasteiger partial charge on any atom is -0.489 e. The van der Waals surface area contributed by atoms with Crippen LogP contribution in [0.15, 0.2) is 104 Å². The summed E-state index contributed by atoms with van der Waals surface area (Å²) in [5.74, 6) is 7.31. The summed E-state index contributed by atoms with van der Waals surface area (Å²) in [7, 11) is 0. The highest BCUT2D eigenvalue weighted by molar-refractivity contribution is 6.07. The molecule has 3 fully saturated rings. The molecule has 2 N–H and O–H groups in total. The number of hydrogen-bond acceptors (Lipinski definition) is 9. The van der Waals surface area contributed by atoms with Gasteiger partial charge < -0.3 is 34.3 Å². The lowest BCUT2D eigenvalue weighted by atomic mass is 9.92. The Balaban J connectivity index is 0.639. The first-order valence-electron chi connectivity index (χ1n) is 20.3. The lowest BCUT2D eigenvalue weighted by Crippen LogP contribution is -2.49. The second-order valence-corrected chi connectivity index (χ2v) is 15.7. The Bertz CT molecular complexity index is 2630. The predicted octanol–water partition coefficient (Wildman–Crippen LogP) is 6.95. The Morgan fingerprint density at radius 3 is 2.49 bits per heavy atom. The molecule has 3 aliphatic heterocycles. The molecule has 1 saturated carbocycles. The van der Waals surface area contributed by atoms with E-state index in [1.165, 1.54) is 0 Å². The van der Waals surface area contributed by atoms with Gasteiger partial charge in [-0.2, -0.15) is 0 Å². The molecular formula is C47H43N7O5. The van der Waals surface area contributed by atoms with E-state index in [0.717, 1.165) is 83.0 Å². The van der Waals surface area contributed by atoms with Crippen LogP contribution in [0.1, 0.15) is 60.1 Å². The first kappa shape index (κ1) is 36.6. The fourth-order valence-electron chi connectivity index (χ4n) is 8.55. The van der Waals surface area contributed by atoms with Crippen molar-refractivity contribution >= 4 is 39.3 Å². The van der Waals surface area contributed by atoms with Crippen LogP contribution in [-0.2, 0) is 16.1 Å². The molecule has 0 radical (unpaired) electrons. The first-order chi connectivity index (χ1) is 28.9. The number of rotatable bonds is 9. The number of benzene rings is 2. The third-order valence-electron chi connectivity index (χ3n) is 11.9. The highest BCUT2D eigenvalue weighted by atomic mass is 16.5. The quantitative estimate of drug-likeness (QED) is 0.150. The van der Waals surface area contributed by atoms with Crippen LogP contribution in [-0.4, -0.2) is 80.7 Å². The van der Waals surface area contributed by atoms with Crippen molar-refractivity contribution in [3.8, 4) is 34.6 Å². The molecule has 10 rings (SSSR count). The molecule has 4 aromatic heterocycles. The highest BCUT2D eigenvalue weighted by Crippen LogP contribution is 2.34. The van der Waals surface area contributed by atoms with Crippen LogP contribution in [0.5, 0.6) is 11.6 Å². The molecule has 2 saturated heterocycles. The van der Waals surface area contributed by atoms with Gasteiger partial charge >= 0.3 is 0 Å². The van der Waals surface area contributed by atoms with Crippen LogP contribution in [0.25, 0.3) is 32.9 Å². The molecule has 0 spiro atoms. The molecule has 1 unspecified atom stereocenters. The van der Waals surface area contributed by atoms with Crippen LogP contribution in [0.4, 0.5) is 5.69 Å². The number of fused-ring (bicyclic) bond motifs is 4. The number of hydrogen-bond donors (Lipinski definition) is 2. The molecule has 6 aromatic rings. The summed E-state index contributed by atoms with van der Waals surface area (Å²) < 4.78 is 18.4. The molecule has 0 bridgehead atoms. The molecule has 296 valence electrons. The number of ether oxygens (including phenoxy) is 3. The van der Waals surface area contributed by atoms with Crippen molar-refractivity contribution in [2.45, 2.75) is 69.4 Å². The van der Waals surface area contributed by atoms with Crippen molar-refractivity contribution in [1.29, 1.82) is 0 Å². The molecular weight excluding hydrogens is 743 g/mol. The van der Waals surface area contributed by atoms with E-state index >= 15 is 0 Å². The van der Waals surface area contributed by atoms with E-state index in [0.29, 0.717) is 54.6 Å². The third-order valence-corrected chi connectivity index (χ3v) is 11.9. The van der Waals surface area contributed by atoms with Gasteiger partial charge in [-0.1, -0.05) is 24.6 Å². The van der Waals surface area contributed by atoms with Crippen molar-refractivity contribution in [3.63, 3.8) is 0 Å². The number of nitrogens with zero attached hydrogens (tertiary/aromatic N) is 5. The van der Waals surface area contributed by atoms with Gasteiger partial charge in [0, 0.05) is 101 Å². The van der Waals surface area contributed by atoms with Crippen molar-refractivity contribution in [2.75, 3.05) is 24.6 Å². The van der Waals surface area contributed by atoms with Gasteiger partial charge in [-0.25, -0.2) is 9.97 Å². The molecule has 2 amide bonds. The van der Waals surface area contributed by atoms with E-state index in [-0.39, 0.29) is 30.1 Å². The Kier molecular flexibility index (Phi) is 9.66. The second kappa shape index (κ2) is 15.6. The molecule has 12 nitrogen and oxygen atoms in total. The number of aromatic nitrogens is 4. The van der Waals surface area contributed by atoms with Gasteiger partial charge in [0.2, 0.25) is 11.8 Å². The second-order valence-electron chi connectivity index (χ2n) is 15.7. The van der Waals surface area contributed by atoms with Crippen molar-refractivity contribution in [1.82, 2.24) is 30.2 Å². The number of piperidine rings is 2. The average molecular weight is 786 g/mol. The molecule has 2 aromatic carbocycles. The fourth-order valence-corrected chi connectivity index (χ4v) is 8.55. The van der Waals surface area contributed by atoms with Gasteiger partial charge in [0.15, 0.2) is 0 Å². The molecule has 12 heteroatoms. The van der Waals surface area contributed by atoms with Crippen LogP contribution in [0.2, 0.25) is 0 Å². The maximum atomic E-state index is 13.1. The van der Waals surface area contributed by atoms with Gasteiger partial charge in [0.25, 0.3) is 5.91 Å². The van der Waals surface area contributed by atoms with E-state index in [9.17, 15) is 9.59 Å². The Morgan fingerprint density at radius 2 is 1.68 bits per heavy atom. The minimum atomic E-state index is -0.453. The number of carbonyl (C=O) groups is 2. The van der Waals surface area contributed by atoms with Crippen molar-refractivity contribution < 1.29 is 23.8 Å². The largest absolute Gasteiger partial charge is 0.489 e. The Labute approximate surface area is 341 Å². The average Bonchev–Trinajstić information content (AvgIpc) is 3.79. The zero-order valence-corrected chi connectivity index (χ0v) is 32.5. The van der Waals surface area contributed by atoms with E-state index in [4.69, 9.17) is 14.2 Å². The highest BCUT2D eigenvalue weighted by Gasteiger charge is 2.38. The van der Waals surface area contributed by atoms with E-state index in [1.807, 2.05) is 54.9 Å². The van der Waals surface area contributed by atoms with E-state index in [2.05, 4.69) is 72.8 Å². The number of nitrogens with one attached hydrogen (secondary N) is 2. The number of carbonyl (C=O) groups excluding carboxylic acids is 2. The number of H-pyrrole nitrogens is 1. The molecule has 1 aliphatic carbocycles.